The third-order valence-corrected chi connectivity index (χ3v) is 5.54. The van der Waals surface area contributed by atoms with Crippen LogP contribution in [0.5, 0.6) is 0 Å². The zero-order chi connectivity index (χ0) is 31.6. The summed E-state index contributed by atoms with van der Waals surface area (Å²) in [5.41, 5.74) is -12.1. The van der Waals surface area contributed by atoms with Crippen molar-refractivity contribution in [2.45, 2.75) is 47.1 Å². The lowest BCUT2D eigenvalue weighted by atomic mass is 9.67. The van der Waals surface area contributed by atoms with Gasteiger partial charge in [0.05, 0.1) is 0 Å². The van der Waals surface area contributed by atoms with Gasteiger partial charge in [-0.2, -0.15) is 35.1 Å². The van der Waals surface area contributed by atoms with Gasteiger partial charge in [-0.25, -0.2) is 28.0 Å². The predicted molar refractivity (Wildman–Crippen MR) is 110 cm³/mol. The molecule has 4 unspecified atom stereocenters. The van der Waals surface area contributed by atoms with Crippen molar-refractivity contribution in [1.29, 1.82) is 0 Å². The van der Waals surface area contributed by atoms with Crippen LogP contribution in [-0.4, -0.2) is 77.9 Å². The lowest BCUT2D eigenvalue weighted by molar-refractivity contribution is -0.458. The number of alkyl halides is 10. The minimum atomic E-state index is -6.95. The van der Waals surface area contributed by atoms with Crippen LogP contribution in [0.25, 0.3) is 0 Å². The van der Waals surface area contributed by atoms with Crippen LogP contribution in [0.1, 0.15) is 6.42 Å². The van der Waals surface area contributed by atoms with Gasteiger partial charge >= 0.3 is 53.4 Å². The highest BCUT2D eigenvalue weighted by Crippen LogP contribution is 2.65. The van der Waals surface area contributed by atoms with Crippen LogP contribution in [0.3, 0.4) is 0 Å². The van der Waals surface area contributed by atoms with Crippen molar-refractivity contribution in [1.82, 2.24) is 0 Å². The number of esters is 4. The molecule has 18 heteroatoms. The molecule has 0 saturated heterocycles. The van der Waals surface area contributed by atoms with E-state index in [0.717, 1.165) is 0 Å². The smallest absolute Gasteiger partial charge is 0.364 e. The molecule has 0 aliphatic heterocycles. The van der Waals surface area contributed by atoms with Gasteiger partial charge in [-0.1, -0.05) is 26.3 Å². The van der Waals surface area contributed by atoms with Gasteiger partial charge < -0.3 is 18.9 Å². The Balaban J connectivity index is 4.60. The number of hydrogen-bond donors (Lipinski definition) is 0. The average molecular weight is 600 g/mol. The standard InChI is InChI=1S/C22H18F10O8/c1-5-12(33)37-16(10-23)20(27,28)17(11-24,38-13(34)6-2)22(31,32)19(26,40-15(36)8-4)9-18(25,21(16,29)30)39-14(35)7-3/h5-8H,1-4,9-11H2. The predicted octanol–water partition coefficient (Wildman–Crippen LogP) is 3.96. The van der Waals surface area contributed by atoms with E-state index in [1.165, 1.54) is 0 Å². The zero-order valence-corrected chi connectivity index (χ0v) is 19.8. The highest BCUT2D eigenvalue weighted by atomic mass is 19.3. The van der Waals surface area contributed by atoms with E-state index in [0.29, 0.717) is 0 Å². The number of carbonyl (C=O) groups excluding carboxylic acids is 4. The van der Waals surface area contributed by atoms with E-state index in [4.69, 9.17) is 0 Å². The Kier molecular flexibility index (Phi) is 9.36. The first-order chi connectivity index (χ1) is 18.1. The van der Waals surface area contributed by atoms with Gasteiger partial charge in [-0.15, -0.1) is 0 Å². The fourth-order valence-electron chi connectivity index (χ4n) is 3.51. The first kappa shape index (κ1) is 34.2. The summed E-state index contributed by atoms with van der Waals surface area (Å²) in [7, 11) is 0. The van der Waals surface area contributed by atoms with E-state index in [9.17, 15) is 28.0 Å². The molecule has 0 aromatic carbocycles. The van der Waals surface area contributed by atoms with Crippen molar-refractivity contribution in [2.75, 3.05) is 13.3 Å². The quantitative estimate of drug-likeness (QED) is 0.161. The second kappa shape index (κ2) is 11.0. The fourth-order valence-corrected chi connectivity index (χ4v) is 3.51. The van der Waals surface area contributed by atoms with Crippen molar-refractivity contribution in [3.05, 3.63) is 50.6 Å². The minimum absolute atomic E-state index is 0.174. The summed E-state index contributed by atoms with van der Waals surface area (Å²) in [5.74, 6) is -42.2. The normalized spacial score (nSPS) is 32.1. The van der Waals surface area contributed by atoms with Crippen LogP contribution in [0.2, 0.25) is 0 Å². The molecule has 8 nitrogen and oxygen atoms in total. The van der Waals surface area contributed by atoms with Crippen LogP contribution >= 0.6 is 0 Å². The maximum Gasteiger partial charge on any atom is 0.364 e. The van der Waals surface area contributed by atoms with Crippen LogP contribution in [0, 0.1) is 0 Å². The van der Waals surface area contributed by atoms with Crippen molar-refractivity contribution in [2.24, 2.45) is 0 Å². The Hall–Kier alpha value is -3.86. The molecular formula is C22H18F10O8. The molecule has 0 amide bonds. The lowest BCUT2D eigenvalue weighted by Crippen LogP contribution is -2.85. The fraction of sp³-hybridized carbons (Fsp3) is 0.455. The molecule has 1 aliphatic carbocycles. The van der Waals surface area contributed by atoms with Crippen molar-refractivity contribution in [3.63, 3.8) is 0 Å². The van der Waals surface area contributed by atoms with E-state index in [1.54, 1.807) is 0 Å². The molecule has 0 aromatic rings. The number of halogens is 10. The molecular weight excluding hydrogens is 582 g/mol. The Bertz CT molecular complexity index is 1030. The molecule has 0 N–H and O–H groups in total. The molecule has 1 aliphatic rings. The molecule has 0 aromatic heterocycles. The maximum absolute atomic E-state index is 16.1. The van der Waals surface area contributed by atoms with Gasteiger partial charge in [0.2, 0.25) is 0 Å². The number of hydrogen-bond acceptors (Lipinski definition) is 8. The third-order valence-electron chi connectivity index (χ3n) is 5.54. The van der Waals surface area contributed by atoms with Gasteiger partial charge in [-0.3, -0.25) is 0 Å². The van der Waals surface area contributed by atoms with Gasteiger partial charge in [0.1, 0.15) is 19.8 Å². The first-order valence-corrected chi connectivity index (χ1v) is 10.2. The molecule has 0 spiro atoms. The summed E-state index contributed by atoms with van der Waals surface area (Å²) in [6.45, 7) is 3.24. The molecule has 224 valence electrons. The highest BCUT2D eigenvalue weighted by molar-refractivity contribution is 5.84. The summed E-state index contributed by atoms with van der Waals surface area (Å²) in [4.78, 5) is 46.8. The molecule has 4 atom stereocenters. The SMILES string of the molecule is C=CC(=O)OC1(F)CC(F)(OC(=O)C=C)C(F)(F)C(CF)(OC(=O)C=C)C(F)(F)C(CF)(OC(=O)C=C)C1(F)F. The van der Waals surface area contributed by atoms with Gasteiger partial charge in [0, 0.05) is 24.3 Å². The van der Waals surface area contributed by atoms with Crippen LogP contribution in [0.15, 0.2) is 50.6 Å². The van der Waals surface area contributed by atoms with Gasteiger partial charge in [0.15, 0.2) is 0 Å². The van der Waals surface area contributed by atoms with Crippen LogP contribution in [-0.2, 0) is 38.1 Å². The second-order valence-corrected chi connectivity index (χ2v) is 7.78. The van der Waals surface area contributed by atoms with Crippen LogP contribution < -0.4 is 0 Å². The largest absolute Gasteiger partial charge is 0.440 e. The Morgan fingerprint density at radius 3 is 1.00 bits per heavy atom. The maximum atomic E-state index is 16.1. The molecule has 0 radical (unpaired) electrons. The van der Waals surface area contributed by atoms with E-state index < -0.39 is 84.3 Å². The summed E-state index contributed by atoms with van der Waals surface area (Å²) in [5, 5.41) is 0. The number of rotatable bonds is 10. The van der Waals surface area contributed by atoms with E-state index in [1.807, 2.05) is 0 Å². The van der Waals surface area contributed by atoms with Gasteiger partial charge in [-0.05, 0) is 0 Å². The Morgan fingerprint density at radius 2 is 0.775 bits per heavy atom. The van der Waals surface area contributed by atoms with E-state index in [-0.39, 0.29) is 24.3 Å². The third kappa shape index (κ3) is 4.61. The molecule has 0 bridgehead atoms. The van der Waals surface area contributed by atoms with Crippen LogP contribution in [0.4, 0.5) is 43.9 Å². The van der Waals surface area contributed by atoms with Gasteiger partial charge in [0.25, 0.3) is 11.2 Å². The number of carbonyl (C=O) groups is 4. The molecule has 0 heterocycles. The summed E-state index contributed by atoms with van der Waals surface area (Å²) < 4.78 is 171. The van der Waals surface area contributed by atoms with Crippen molar-refractivity contribution < 1.29 is 82.0 Å². The molecule has 1 saturated carbocycles. The van der Waals surface area contributed by atoms with Crippen molar-refractivity contribution >= 4 is 23.9 Å². The zero-order valence-electron chi connectivity index (χ0n) is 19.8. The van der Waals surface area contributed by atoms with E-state index in [2.05, 4.69) is 45.3 Å². The first-order valence-electron chi connectivity index (χ1n) is 10.2. The summed E-state index contributed by atoms with van der Waals surface area (Å²) in [6, 6.07) is 0. The lowest BCUT2D eigenvalue weighted by Gasteiger charge is -2.56. The monoisotopic (exact) mass is 600 g/mol. The molecule has 40 heavy (non-hydrogen) atoms. The molecule has 1 fully saturated rings. The molecule has 1 rings (SSSR count). The second-order valence-electron chi connectivity index (χ2n) is 7.78. The summed E-state index contributed by atoms with van der Waals surface area (Å²) >= 11 is 0. The Labute approximate surface area is 217 Å². The number of ether oxygens (including phenoxy) is 4. The van der Waals surface area contributed by atoms with E-state index >= 15 is 35.1 Å². The topological polar surface area (TPSA) is 105 Å². The average Bonchev–Trinajstić information content (AvgIpc) is 2.87. The Morgan fingerprint density at radius 1 is 0.525 bits per heavy atom. The minimum Gasteiger partial charge on any atom is -0.440 e. The summed E-state index contributed by atoms with van der Waals surface area (Å²) in [6.07, 6.45) is -4.39. The van der Waals surface area contributed by atoms with Crippen molar-refractivity contribution in [3.8, 4) is 0 Å². The highest BCUT2D eigenvalue weighted by Gasteiger charge is 2.95.